The van der Waals surface area contributed by atoms with Gasteiger partial charge < -0.3 is 5.32 Å². The van der Waals surface area contributed by atoms with Crippen LogP contribution in [0.2, 0.25) is 5.02 Å². The van der Waals surface area contributed by atoms with E-state index in [-0.39, 0.29) is 10.8 Å². The molecule has 1 aliphatic rings. The number of carbonyl (C=O) groups is 1. The van der Waals surface area contributed by atoms with Gasteiger partial charge in [0.05, 0.1) is 4.90 Å². The Hall–Kier alpha value is -1.89. The minimum absolute atomic E-state index is 0.194. The Kier molecular flexibility index (Phi) is 5.37. The van der Waals surface area contributed by atoms with Gasteiger partial charge in [-0.2, -0.15) is 4.31 Å². The summed E-state index contributed by atoms with van der Waals surface area (Å²) in [5.74, 6) is -0.353. The first-order valence-corrected chi connectivity index (χ1v) is 10.3. The largest absolute Gasteiger partial charge is 0.322 e. The van der Waals surface area contributed by atoms with Gasteiger partial charge in [0.15, 0.2) is 0 Å². The number of benzene rings is 2. The van der Waals surface area contributed by atoms with Crippen molar-refractivity contribution in [2.24, 2.45) is 0 Å². The highest BCUT2D eigenvalue weighted by atomic mass is 35.5. The molecule has 138 valence electrons. The molecule has 1 saturated heterocycles. The third-order valence-electron chi connectivity index (χ3n) is 4.57. The lowest BCUT2D eigenvalue weighted by Crippen LogP contribution is -2.28. The maximum Gasteiger partial charge on any atom is 0.255 e. The van der Waals surface area contributed by atoms with Gasteiger partial charge >= 0.3 is 0 Å². The van der Waals surface area contributed by atoms with E-state index in [2.05, 4.69) is 5.32 Å². The van der Waals surface area contributed by atoms with Crippen LogP contribution in [0.3, 0.4) is 0 Å². The quantitative estimate of drug-likeness (QED) is 0.855. The zero-order valence-electron chi connectivity index (χ0n) is 14.8. The number of aryl methyl sites for hydroxylation is 2. The van der Waals surface area contributed by atoms with E-state index in [1.54, 1.807) is 37.3 Å². The van der Waals surface area contributed by atoms with E-state index in [4.69, 9.17) is 11.6 Å². The van der Waals surface area contributed by atoms with Crippen LogP contribution in [-0.2, 0) is 10.0 Å². The van der Waals surface area contributed by atoms with Crippen LogP contribution >= 0.6 is 11.6 Å². The summed E-state index contributed by atoms with van der Waals surface area (Å²) in [4.78, 5) is 12.8. The van der Waals surface area contributed by atoms with Gasteiger partial charge in [-0.25, -0.2) is 8.42 Å². The fourth-order valence-electron chi connectivity index (χ4n) is 3.05. The molecule has 1 amide bonds. The van der Waals surface area contributed by atoms with Gasteiger partial charge in [-0.1, -0.05) is 17.7 Å². The van der Waals surface area contributed by atoms with Crippen molar-refractivity contribution in [3.8, 4) is 0 Å². The van der Waals surface area contributed by atoms with Crippen molar-refractivity contribution in [1.82, 2.24) is 4.31 Å². The highest BCUT2D eigenvalue weighted by Crippen LogP contribution is 2.25. The summed E-state index contributed by atoms with van der Waals surface area (Å²) in [7, 11) is -3.58. The molecular formula is C19H21ClN2O3S. The summed E-state index contributed by atoms with van der Waals surface area (Å²) >= 11 is 5.94. The lowest BCUT2D eigenvalue weighted by Gasteiger charge is -2.18. The van der Waals surface area contributed by atoms with E-state index in [0.29, 0.717) is 34.9 Å². The first kappa shape index (κ1) is 18.9. The van der Waals surface area contributed by atoms with Crippen molar-refractivity contribution < 1.29 is 13.2 Å². The van der Waals surface area contributed by atoms with E-state index < -0.39 is 10.0 Å². The Bertz CT molecular complexity index is 951. The number of carbonyl (C=O) groups excluding carboxylic acids is 1. The highest BCUT2D eigenvalue weighted by Gasteiger charge is 2.29. The molecule has 1 heterocycles. The molecule has 0 atom stereocenters. The lowest BCUT2D eigenvalue weighted by molar-refractivity contribution is 0.102. The second-order valence-electron chi connectivity index (χ2n) is 6.50. The second-order valence-corrected chi connectivity index (χ2v) is 8.85. The number of sulfonamides is 1. The molecule has 1 N–H and O–H groups in total. The highest BCUT2D eigenvalue weighted by molar-refractivity contribution is 7.89. The summed E-state index contributed by atoms with van der Waals surface area (Å²) in [6.07, 6.45) is 1.74. The molecule has 0 aromatic heterocycles. The number of hydrogen-bond donors (Lipinski definition) is 1. The number of anilines is 1. The molecule has 2 aromatic carbocycles. The Morgan fingerprint density at radius 3 is 2.38 bits per heavy atom. The average molecular weight is 393 g/mol. The van der Waals surface area contributed by atoms with Crippen molar-refractivity contribution in [2.75, 3.05) is 18.4 Å². The third-order valence-corrected chi connectivity index (χ3v) is 6.85. The Labute approximate surface area is 159 Å². The predicted molar refractivity (Wildman–Crippen MR) is 103 cm³/mol. The summed E-state index contributed by atoms with van der Waals surface area (Å²) in [6, 6.07) is 9.96. The number of rotatable bonds is 4. The lowest BCUT2D eigenvalue weighted by atomic mass is 10.1. The van der Waals surface area contributed by atoms with Crippen LogP contribution in [0.15, 0.2) is 41.3 Å². The third kappa shape index (κ3) is 3.77. The van der Waals surface area contributed by atoms with E-state index in [9.17, 15) is 13.2 Å². The van der Waals surface area contributed by atoms with Gasteiger partial charge in [-0.05, 0) is 68.1 Å². The van der Waals surface area contributed by atoms with Gasteiger partial charge in [0.2, 0.25) is 10.0 Å². The summed E-state index contributed by atoms with van der Waals surface area (Å²) in [5.41, 5.74) is 2.42. The number of hydrogen-bond acceptors (Lipinski definition) is 3. The standard InChI is InChI=1S/C19H21ClN2O3S/c1-13-5-6-15(12-18(13)26(24,25)22-9-3-4-10-22)19(23)21-17-8-7-16(20)11-14(17)2/h5-8,11-12H,3-4,9-10H2,1-2H3,(H,21,23). The molecule has 5 nitrogen and oxygen atoms in total. The maximum absolute atomic E-state index is 12.9. The molecule has 7 heteroatoms. The average Bonchev–Trinajstić information content (AvgIpc) is 3.13. The van der Waals surface area contributed by atoms with Crippen LogP contribution in [0.4, 0.5) is 5.69 Å². The van der Waals surface area contributed by atoms with Crippen molar-refractivity contribution in [3.05, 3.63) is 58.1 Å². The van der Waals surface area contributed by atoms with Crippen LogP contribution < -0.4 is 5.32 Å². The van der Waals surface area contributed by atoms with Gasteiger partial charge in [0, 0.05) is 29.4 Å². The number of amides is 1. The van der Waals surface area contributed by atoms with Crippen LogP contribution in [0, 0.1) is 13.8 Å². The van der Waals surface area contributed by atoms with E-state index >= 15 is 0 Å². The van der Waals surface area contributed by atoms with Gasteiger partial charge in [0.25, 0.3) is 5.91 Å². The monoisotopic (exact) mass is 392 g/mol. The van der Waals surface area contributed by atoms with Crippen molar-refractivity contribution in [1.29, 1.82) is 0 Å². The molecule has 26 heavy (non-hydrogen) atoms. The predicted octanol–water partition coefficient (Wildman–Crippen LogP) is 3.99. The normalized spacial score (nSPS) is 15.2. The van der Waals surface area contributed by atoms with Gasteiger partial charge in [-0.3, -0.25) is 4.79 Å². The Balaban J connectivity index is 1.90. The first-order chi connectivity index (χ1) is 12.3. The van der Waals surface area contributed by atoms with Crippen molar-refractivity contribution in [2.45, 2.75) is 31.6 Å². The molecule has 0 unspecified atom stereocenters. The molecule has 3 rings (SSSR count). The second kappa shape index (κ2) is 7.39. The number of halogens is 1. The zero-order chi connectivity index (χ0) is 18.9. The first-order valence-electron chi connectivity index (χ1n) is 8.47. The molecule has 0 spiro atoms. The fraction of sp³-hybridized carbons (Fsp3) is 0.316. The van der Waals surface area contributed by atoms with Crippen molar-refractivity contribution >= 4 is 33.2 Å². The van der Waals surface area contributed by atoms with Gasteiger partial charge in [0.1, 0.15) is 0 Å². The van der Waals surface area contributed by atoms with E-state index in [0.717, 1.165) is 18.4 Å². The molecule has 1 aliphatic heterocycles. The molecule has 0 bridgehead atoms. The SMILES string of the molecule is Cc1cc(Cl)ccc1NC(=O)c1ccc(C)c(S(=O)(=O)N2CCCC2)c1. The molecule has 0 aliphatic carbocycles. The molecular weight excluding hydrogens is 372 g/mol. The number of nitrogens with one attached hydrogen (secondary N) is 1. The Morgan fingerprint density at radius 1 is 1.04 bits per heavy atom. The fourth-order valence-corrected chi connectivity index (χ4v) is 5.04. The molecule has 0 saturated carbocycles. The van der Waals surface area contributed by atoms with Crippen LogP contribution in [0.25, 0.3) is 0 Å². The number of nitrogens with zero attached hydrogens (tertiary/aromatic N) is 1. The van der Waals surface area contributed by atoms with E-state index in [1.165, 1.54) is 10.4 Å². The van der Waals surface area contributed by atoms with Crippen molar-refractivity contribution in [3.63, 3.8) is 0 Å². The minimum Gasteiger partial charge on any atom is -0.322 e. The maximum atomic E-state index is 12.9. The topological polar surface area (TPSA) is 66.5 Å². The summed E-state index contributed by atoms with van der Waals surface area (Å²) in [6.45, 7) is 4.65. The summed E-state index contributed by atoms with van der Waals surface area (Å²) < 4.78 is 27.2. The summed E-state index contributed by atoms with van der Waals surface area (Å²) in [5, 5.41) is 3.41. The Morgan fingerprint density at radius 2 is 1.73 bits per heavy atom. The minimum atomic E-state index is -3.58. The van der Waals surface area contributed by atoms with Crippen LogP contribution in [0.1, 0.15) is 34.3 Å². The van der Waals surface area contributed by atoms with Crippen LogP contribution in [-0.4, -0.2) is 31.7 Å². The molecule has 2 aromatic rings. The van der Waals surface area contributed by atoms with Gasteiger partial charge in [-0.15, -0.1) is 0 Å². The molecule has 1 fully saturated rings. The smallest absolute Gasteiger partial charge is 0.255 e. The van der Waals surface area contributed by atoms with Crippen LogP contribution in [0.5, 0.6) is 0 Å². The molecule has 0 radical (unpaired) electrons. The zero-order valence-corrected chi connectivity index (χ0v) is 16.3. The van der Waals surface area contributed by atoms with E-state index in [1.807, 2.05) is 6.92 Å².